The number of hydrogen-bond acceptors (Lipinski definition) is 5. The SMILES string of the molecule is CC(C)C[C@H](NC(=O)C1CCNCC1)C(=O)NC(Cc1ccccc1)C(=O)C(=O)NC(C)(C)C.Cl. The first-order valence-electron chi connectivity index (χ1n) is 12.2. The summed E-state index contributed by atoms with van der Waals surface area (Å²) in [6.45, 7) is 10.9. The first-order valence-corrected chi connectivity index (χ1v) is 12.2. The van der Waals surface area contributed by atoms with Gasteiger partial charge in [0.05, 0.1) is 0 Å². The van der Waals surface area contributed by atoms with Crippen LogP contribution in [0.2, 0.25) is 0 Å². The molecule has 0 spiro atoms. The predicted octanol–water partition coefficient (Wildman–Crippen LogP) is 2.15. The van der Waals surface area contributed by atoms with Crippen LogP contribution in [0, 0.1) is 11.8 Å². The molecule has 8 nitrogen and oxygen atoms in total. The molecule has 1 aromatic rings. The lowest BCUT2D eigenvalue weighted by Crippen LogP contribution is -2.57. The Balaban J connectivity index is 0.00000612. The number of Topliss-reactive ketones (excluding diaryl/α,β-unsaturated/α-hetero) is 1. The summed E-state index contributed by atoms with van der Waals surface area (Å²) >= 11 is 0. The third kappa shape index (κ3) is 10.8. The summed E-state index contributed by atoms with van der Waals surface area (Å²) in [5.41, 5.74) is 0.237. The number of carbonyl (C=O) groups excluding carboxylic acids is 4. The zero-order valence-electron chi connectivity index (χ0n) is 21.5. The van der Waals surface area contributed by atoms with Crippen molar-refractivity contribution in [1.82, 2.24) is 21.3 Å². The molecule has 2 atom stereocenters. The van der Waals surface area contributed by atoms with Gasteiger partial charge in [0.15, 0.2) is 0 Å². The predicted molar refractivity (Wildman–Crippen MR) is 139 cm³/mol. The fourth-order valence-electron chi connectivity index (χ4n) is 3.97. The minimum absolute atomic E-state index is 0. The number of ketones is 1. The average molecular weight is 509 g/mol. The number of amides is 3. The van der Waals surface area contributed by atoms with Gasteiger partial charge in [0.2, 0.25) is 17.6 Å². The first kappa shape index (κ1) is 30.6. The quantitative estimate of drug-likeness (QED) is 0.361. The van der Waals surface area contributed by atoms with Gasteiger partial charge >= 0.3 is 0 Å². The lowest BCUT2D eigenvalue weighted by atomic mass is 9.95. The van der Waals surface area contributed by atoms with Crippen LogP contribution in [0.3, 0.4) is 0 Å². The Bertz CT molecular complexity index is 849. The molecular formula is C26H41ClN4O4. The Hall–Kier alpha value is -2.45. The molecule has 0 bridgehead atoms. The third-order valence-electron chi connectivity index (χ3n) is 5.68. The van der Waals surface area contributed by atoms with Crippen LogP contribution in [0.4, 0.5) is 0 Å². The number of nitrogens with one attached hydrogen (secondary N) is 4. The van der Waals surface area contributed by atoms with Gasteiger partial charge < -0.3 is 21.3 Å². The Morgan fingerprint density at radius 1 is 0.971 bits per heavy atom. The summed E-state index contributed by atoms with van der Waals surface area (Å²) in [6, 6.07) is 7.42. The Labute approximate surface area is 215 Å². The molecule has 1 aliphatic rings. The third-order valence-corrected chi connectivity index (χ3v) is 5.68. The highest BCUT2D eigenvalue weighted by molar-refractivity contribution is 6.38. The highest BCUT2D eigenvalue weighted by atomic mass is 35.5. The molecule has 196 valence electrons. The maximum atomic E-state index is 13.3. The summed E-state index contributed by atoms with van der Waals surface area (Å²) in [5.74, 6) is -2.03. The molecule has 9 heteroatoms. The molecule has 0 saturated carbocycles. The van der Waals surface area contributed by atoms with Crippen LogP contribution < -0.4 is 21.3 Å². The van der Waals surface area contributed by atoms with Gasteiger partial charge in [-0.3, -0.25) is 19.2 Å². The van der Waals surface area contributed by atoms with E-state index in [1.54, 1.807) is 20.8 Å². The molecular weight excluding hydrogens is 468 g/mol. The van der Waals surface area contributed by atoms with Gasteiger partial charge in [-0.15, -0.1) is 12.4 Å². The fraction of sp³-hybridized carbons (Fsp3) is 0.615. The lowest BCUT2D eigenvalue weighted by molar-refractivity contribution is -0.141. The Morgan fingerprint density at radius 3 is 2.11 bits per heavy atom. The summed E-state index contributed by atoms with van der Waals surface area (Å²) in [6.07, 6.45) is 2.07. The van der Waals surface area contributed by atoms with Crippen molar-refractivity contribution in [3.8, 4) is 0 Å². The molecule has 0 aromatic heterocycles. The molecule has 0 radical (unpaired) electrons. The van der Waals surface area contributed by atoms with Crippen LogP contribution in [-0.2, 0) is 25.6 Å². The van der Waals surface area contributed by atoms with Gasteiger partial charge in [0.1, 0.15) is 12.1 Å². The second-order valence-electron chi connectivity index (χ2n) is 10.5. The summed E-state index contributed by atoms with van der Waals surface area (Å²) in [4.78, 5) is 51.8. The minimum Gasteiger partial charge on any atom is -0.345 e. The highest BCUT2D eigenvalue weighted by Crippen LogP contribution is 2.14. The minimum atomic E-state index is -1.04. The normalized spacial score (nSPS) is 15.9. The molecule has 0 aliphatic carbocycles. The van der Waals surface area contributed by atoms with Crippen molar-refractivity contribution >= 4 is 35.9 Å². The number of benzene rings is 1. The molecule has 1 aromatic carbocycles. The molecule has 3 amide bonds. The maximum Gasteiger partial charge on any atom is 0.290 e. The van der Waals surface area contributed by atoms with Crippen molar-refractivity contribution in [2.45, 2.75) is 77.9 Å². The van der Waals surface area contributed by atoms with E-state index in [0.717, 1.165) is 31.5 Å². The smallest absolute Gasteiger partial charge is 0.290 e. The highest BCUT2D eigenvalue weighted by Gasteiger charge is 2.33. The zero-order chi connectivity index (χ0) is 25.3. The molecule has 2 rings (SSSR count). The number of rotatable bonds is 10. The average Bonchev–Trinajstić information content (AvgIpc) is 2.77. The summed E-state index contributed by atoms with van der Waals surface area (Å²) in [5, 5.41) is 11.6. The number of hydrogen-bond donors (Lipinski definition) is 4. The summed E-state index contributed by atoms with van der Waals surface area (Å²) < 4.78 is 0. The van der Waals surface area contributed by atoms with Gasteiger partial charge in [-0.1, -0.05) is 44.2 Å². The van der Waals surface area contributed by atoms with E-state index >= 15 is 0 Å². The van der Waals surface area contributed by atoms with Crippen LogP contribution in [-0.4, -0.2) is 54.2 Å². The van der Waals surface area contributed by atoms with Gasteiger partial charge in [-0.05, 0) is 64.6 Å². The Morgan fingerprint density at radius 2 is 1.57 bits per heavy atom. The van der Waals surface area contributed by atoms with E-state index in [4.69, 9.17) is 0 Å². The Kier molecular flexibility index (Phi) is 12.4. The number of piperidine rings is 1. The van der Waals surface area contributed by atoms with Crippen LogP contribution >= 0.6 is 12.4 Å². The molecule has 1 unspecified atom stereocenters. The maximum absolute atomic E-state index is 13.3. The monoisotopic (exact) mass is 508 g/mol. The van der Waals surface area contributed by atoms with Crippen molar-refractivity contribution in [1.29, 1.82) is 0 Å². The summed E-state index contributed by atoms with van der Waals surface area (Å²) in [7, 11) is 0. The second kappa shape index (κ2) is 14.2. The number of halogens is 1. The van der Waals surface area contributed by atoms with Gasteiger partial charge in [0, 0.05) is 17.9 Å². The largest absolute Gasteiger partial charge is 0.345 e. The van der Waals surface area contributed by atoms with Crippen LogP contribution in [0.25, 0.3) is 0 Å². The van der Waals surface area contributed by atoms with Crippen LogP contribution in [0.15, 0.2) is 30.3 Å². The van der Waals surface area contributed by atoms with E-state index in [1.165, 1.54) is 0 Å². The molecule has 4 N–H and O–H groups in total. The molecule has 1 heterocycles. The van der Waals surface area contributed by atoms with Crippen molar-refractivity contribution in [3.05, 3.63) is 35.9 Å². The van der Waals surface area contributed by atoms with E-state index in [9.17, 15) is 19.2 Å². The van der Waals surface area contributed by atoms with Gasteiger partial charge in [-0.2, -0.15) is 0 Å². The molecule has 1 aliphatic heterocycles. The topological polar surface area (TPSA) is 116 Å². The van der Waals surface area contributed by atoms with E-state index in [1.807, 2.05) is 44.2 Å². The van der Waals surface area contributed by atoms with E-state index in [-0.39, 0.29) is 36.6 Å². The standard InChI is InChI=1S/C26H40N4O4.ClH/c1-17(2)15-21(29-23(32)19-11-13-27-14-12-19)24(33)28-20(16-18-9-7-6-8-10-18)22(31)25(34)30-26(3,4)5;/h6-10,17,19-21,27H,11-16H2,1-5H3,(H,28,33)(H,29,32)(H,30,34);1H/t20?,21-;/m0./s1. The van der Waals surface area contributed by atoms with Crippen molar-refractivity contribution in [3.63, 3.8) is 0 Å². The van der Waals surface area contributed by atoms with Gasteiger partial charge in [-0.25, -0.2) is 0 Å². The number of carbonyl (C=O) groups is 4. The van der Waals surface area contributed by atoms with Crippen molar-refractivity contribution < 1.29 is 19.2 Å². The molecule has 1 saturated heterocycles. The second-order valence-corrected chi connectivity index (χ2v) is 10.5. The first-order chi connectivity index (χ1) is 16.0. The lowest BCUT2D eigenvalue weighted by Gasteiger charge is -2.27. The van der Waals surface area contributed by atoms with Crippen LogP contribution in [0.5, 0.6) is 0 Å². The van der Waals surface area contributed by atoms with E-state index < -0.39 is 35.2 Å². The zero-order valence-corrected chi connectivity index (χ0v) is 22.3. The fourth-order valence-corrected chi connectivity index (χ4v) is 3.97. The van der Waals surface area contributed by atoms with Crippen molar-refractivity contribution in [2.24, 2.45) is 11.8 Å². The molecule has 35 heavy (non-hydrogen) atoms. The van der Waals surface area contributed by atoms with E-state index in [0.29, 0.717) is 6.42 Å². The van der Waals surface area contributed by atoms with E-state index in [2.05, 4.69) is 21.3 Å². The molecule has 1 fully saturated rings. The van der Waals surface area contributed by atoms with Crippen LogP contribution in [0.1, 0.15) is 59.4 Å². The van der Waals surface area contributed by atoms with Gasteiger partial charge in [0.25, 0.3) is 5.91 Å². The van der Waals surface area contributed by atoms with Crippen molar-refractivity contribution in [2.75, 3.05) is 13.1 Å².